The van der Waals surface area contributed by atoms with E-state index in [1.807, 2.05) is 18.5 Å². The number of pyridine rings is 1. The van der Waals surface area contributed by atoms with Gasteiger partial charge in [0.05, 0.1) is 0 Å². The first-order chi connectivity index (χ1) is 8.77. The molecule has 0 aliphatic heterocycles. The molecule has 1 aromatic heterocycles. The third-order valence-corrected chi connectivity index (χ3v) is 4.23. The van der Waals surface area contributed by atoms with Gasteiger partial charge in [0, 0.05) is 24.5 Å². The van der Waals surface area contributed by atoms with Gasteiger partial charge in [0.1, 0.15) is 0 Å². The maximum Gasteiger partial charge on any atom is 0.0315 e. The molecule has 19 heavy (non-hydrogen) atoms. The standard InChI is InChI=1S/C17H28N2/c1-13(14-7-6-8-18-11-14)19-15-9-16(2,3)12-17(4,5)10-15/h6-8,11,13,15,19H,9-10,12H2,1-5H3/t13-/m0/s1. The molecular weight excluding hydrogens is 232 g/mol. The lowest BCUT2D eigenvalue weighted by Gasteiger charge is -2.46. The highest BCUT2D eigenvalue weighted by atomic mass is 15.0. The van der Waals surface area contributed by atoms with Crippen molar-refractivity contribution in [2.75, 3.05) is 0 Å². The van der Waals surface area contributed by atoms with Gasteiger partial charge < -0.3 is 5.32 Å². The van der Waals surface area contributed by atoms with E-state index in [9.17, 15) is 0 Å². The molecule has 1 N–H and O–H groups in total. The molecule has 1 aromatic rings. The zero-order valence-corrected chi connectivity index (χ0v) is 13.0. The third kappa shape index (κ3) is 4.04. The Morgan fingerprint density at radius 3 is 2.37 bits per heavy atom. The topological polar surface area (TPSA) is 24.9 Å². The van der Waals surface area contributed by atoms with E-state index in [0.29, 0.717) is 22.9 Å². The number of rotatable bonds is 3. The van der Waals surface area contributed by atoms with Crippen LogP contribution < -0.4 is 5.32 Å². The van der Waals surface area contributed by atoms with Crippen molar-refractivity contribution in [3.8, 4) is 0 Å². The van der Waals surface area contributed by atoms with Crippen LogP contribution in [0.15, 0.2) is 24.5 Å². The molecule has 0 unspecified atom stereocenters. The summed E-state index contributed by atoms with van der Waals surface area (Å²) in [6, 6.07) is 5.16. The van der Waals surface area contributed by atoms with Gasteiger partial charge in [0.15, 0.2) is 0 Å². The van der Waals surface area contributed by atoms with Crippen LogP contribution in [-0.2, 0) is 0 Å². The molecule has 0 bridgehead atoms. The number of nitrogens with zero attached hydrogens (tertiary/aromatic N) is 1. The minimum Gasteiger partial charge on any atom is -0.307 e. The van der Waals surface area contributed by atoms with Gasteiger partial charge in [0.2, 0.25) is 0 Å². The summed E-state index contributed by atoms with van der Waals surface area (Å²) in [5, 5.41) is 3.81. The monoisotopic (exact) mass is 260 g/mol. The van der Waals surface area contributed by atoms with Crippen molar-refractivity contribution in [2.45, 2.75) is 66.0 Å². The van der Waals surface area contributed by atoms with Crippen molar-refractivity contribution in [3.63, 3.8) is 0 Å². The summed E-state index contributed by atoms with van der Waals surface area (Å²) < 4.78 is 0. The second kappa shape index (κ2) is 5.24. The summed E-state index contributed by atoms with van der Waals surface area (Å²) >= 11 is 0. The van der Waals surface area contributed by atoms with Crippen LogP contribution in [0, 0.1) is 10.8 Å². The van der Waals surface area contributed by atoms with Crippen molar-refractivity contribution in [2.24, 2.45) is 10.8 Å². The number of hydrogen-bond donors (Lipinski definition) is 1. The fourth-order valence-corrected chi connectivity index (χ4v) is 4.05. The van der Waals surface area contributed by atoms with Crippen molar-refractivity contribution in [3.05, 3.63) is 30.1 Å². The van der Waals surface area contributed by atoms with Crippen LogP contribution >= 0.6 is 0 Å². The number of aromatic nitrogens is 1. The molecule has 0 saturated heterocycles. The van der Waals surface area contributed by atoms with Crippen LogP contribution in [0.2, 0.25) is 0 Å². The van der Waals surface area contributed by atoms with E-state index in [4.69, 9.17) is 0 Å². The first-order valence-electron chi connectivity index (χ1n) is 7.43. The third-order valence-electron chi connectivity index (χ3n) is 4.23. The summed E-state index contributed by atoms with van der Waals surface area (Å²) in [7, 11) is 0. The average molecular weight is 260 g/mol. The molecule has 1 saturated carbocycles. The molecule has 0 radical (unpaired) electrons. The fraction of sp³-hybridized carbons (Fsp3) is 0.706. The van der Waals surface area contributed by atoms with E-state index in [-0.39, 0.29) is 0 Å². The van der Waals surface area contributed by atoms with Crippen LogP contribution in [0.4, 0.5) is 0 Å². The maximum absolute atomic E-state index is 4.22. The van der Waals surface area contributed by atoms with Crippen LogP contribution in [0.3, 0.4) is 0 Å². The highest BCUT2D eigenvalue weighted by molar-refractivity contribution is 5.13. The predicted molar refractivity (Wildman–Crippen MR) is 81.0 cm³/mol. The summed E-state index contributed by atoms with van der Waals surface area (Å²) in [4.78, 5) is 4.22. The molecule has 106 valence electrons. The lowest BCUT2D eigenvalue weighted by molar-refractivity contribution is 0.0811. The Hall–Kier alpha value is -0.890. The van der Waals surface area contributed by atoms with E-state index >= 15 is 0 Å². The highest BCUT2D eigenvalue weighted by Gasteiger charge is 2.38. The number of hydrogen-bond acceptors (Lipinski definition) is 2. The Morgan fingerprint density at radius 1 is 1.21 bits per heavy atom. The molecule has 0 spiro atoms. The molecule has 1 heterocycles. The molecule has 1 aliphatic carbocycles. The Labute approximate surface area is 118 Å². The number of nitrogens with one attached hydrogen (secondary N) is 1. The molecule has 2 heteroatoms. The molecule has 0 amide bonds. The van der Waals surface area contributed by atoms with Gasteiger partial charge in [-0.1, -0.05) is 33.8 Å². The van der Waals surface area contributed by atoms with E-state index in [0.717, 1.165) is 0 Å². The molecule has 0 aromatic carbocycles. The second-order valence-electron chi connectivity index (χ2n) is 7.79. The normalized spacial score (nSPS) is 24.1. The van der Waals surface area contributed by atoms with Gasteiger partial charge in [-0.25, -0.2) is 0 Å². The van der Waals surface area contributed by atoms with Gasteiger partial charge in [-0.3, -0.25) is 4.98 Å². The summed E-state index contributed by atoms with van der Waals surface area (Å²) in [6.45, 7) is 11.8. The van der Waals surface area contributed by atoms with Crippen molar-refractivity contribution in [1.82, 2.24) is 10.3 Å². The van der Waals surface area contributed by atoms with E-state index < -0.39 is 0 Å². The Kier molecular flexibility index (Phi) is 4.00. The first-order valence-corrected chi connectivity index (χ1v) is 7.43. The molecule has 2 nitrogen and oxygen atoms in total. The van der Waals surface area contributed by atoms with Crippen LogP contribution in [-0.4, -0.2) is 11.0 Å². The quantitative estimate of drug-likeness (QED) is 0.874. The lowest BCUT2D eigenvalue weighted by Crippen LogP contribution is -2.44. The van der Waals surface area contributed by atoms with E-state index in [1.165, 1.54) is 24.8 Å². The summed E-state index contributed by atoms with van der Waals surface area (Å²) in [5.41, 5.74) is 2.16. The zero-order valence-electron chi connectivity index (χ0n) is 13.0. The molecule has 1 atom stereocenters. The maximum atomic E-state index is 4.22. The molecule has 1 aliphatic rings. The summed E-state index contributed by atoms with van der Waals surface area (Å²) in [6.07, 6.45) is 7.65. The lowest BCUT2D eigenvalue weighted by atomic mass is 9.63. The Morgan fingerprint density at radius 2 is 1.84 bits per heavy atom. The fourth-order valence-electron chi connectivity index (χ4n) is 4.05. The van der Waals surface area contributed by atoms with Crippen molar-refractivity contribution < 1.29 is 0 Å². The van der Waals surface area contributed by atoms with E-state index in [1.54, 1.807) is 0 Å². The van der Waals surface area contributed by atoms with Crippen molar-refractivity contribution >= 4 is 0 Å². The molecular formula is C17H28N2. The molecule has 2 rings (SSSR count). The first kappa shape index (κ1) is 14.5. The van der Waals surface area contributed by atoms with Crippen LogP contribution in [0.5, 0.6) is 0 Å². The van der Waals surface area contributed by atoms with E-state index in [2.05, 4.69) is 51.0 Å². The van der Waals surface area contributed by atoms with Crippen LogP contribution in [0.1, 0.15) is 65.5 Å². The zero-order chi connectivity index (χ0) is 14.1. The van der Waals surface area contributed by atoms with Gasteiger partial charge >= 0.3 is 0 Å². The SMILES string of the molecule is C[C@H](NC1CC(C)(C)CC(C)(C)C1)c1cccnc1. The average Bonchev–Trinajstić information content (AvgIpc) is 2.25. The van der Waals surface area contributed by atoms with Gasteiger partial charge in [-0.15, -0.1) is 0 Å². The van der Waals surface area contributed by atoms with Gasteiger partial charge in [-0.05, 0) is 48.6 Å². The summed E-state index contributed by atoms with van der Waals surface area (Å²) in [5.74, 6) is 0. The smallest absolute Gasteiger partial charge is 0.0315 e. The Balaban J connectivity index is 2.03. The molecule has 1 fully saturated rings. The van der Waals surface area contributed by atoms with Crippen LogP contribution in [0.25, 0.3) is 0 Å². The largest absolute Gasteiger partial charge is 0.307 e. The predicted octanol–water partition coefficient (Wildman–Crippen LogP) is 4.34. The minimum atomic E-state index is 0.378. The minimum absolute atomic E-state index is 0.378. The second-order valence-corrected chi connectivity index (χ2v) is 7.79. The highest BCUT2D eigenvalue weighted by Crippen LogP contribution is 2.46. The Bertz CT molecular complexity index is 393. The van der Waals surface area contributed by atoms with Gasteiger partial charge in [0.25, 0.3) is 0 Å². The van der Waals surface area contributed by atoms with Gasteiger partial charge in [-0.2, -0.15) is 0 Å². The van der Waals surface area contributed by atoms with Crippen molar-refractivity contribution in [1.29, 1.82) is 0 Å².